The SMILES string of the molecule is O=C(O)N1CC2(CCC2)C1Oc1ccnc2ccc(F)cc12. The number of hydrogen-bond acceptors (Lipinski definition) is 3. The normalized spacial score (nSPS) is 22.2. The number of benzene rings is 1. The van der Waals surface area contributed by atoms with Gasteiger partial charge in [0.25, 0.3) is 0 Å². The van der Waals surface area contributed by atoms with E-state index in [1.54, 1.807) is 18.3 Å². The number of fused-ring (bicyclic) bond motifs is 1. The molecule has 1 saturated carbocycles. The molecule has 1 unspecified atom stereocenters. The van der Waals surface area contributed by atoms with Gasteiger partial charge in [-0.25, -0.2) is 9.18 Å². The molecule has 2 aliphatic rings. The van der Waals surface area contributed by atoms with Crippen molar-refractivity contribution in [1.82, 2.24) is 9.88 Å². The van der Waals surface area contributed by atoms with Gasteiger partial charge < -0.3 is 9.84 Å². The van der Waals surface area contributed by atoms with Crippen molar-refractivity contribution in [2.45, 2.75) is 25.5 Å². The Morgan fingerprint density at radius 2 is 2.23 bits per heavy atom. The summed E-state index contributed by atoms with van der Waals surface area (Å²) < 4.78 is 19.5. The number of halogens is 1. The van der Waals surface area contributed by atoms with Crippen LogP contribution in [0.5, 0.6) is 5.75 Å². The van der Waals surface area contributed by atoms with Gasteiger partial charge in [-0.3, -0.25) is 9.88 Å². The van der Waals surface area contributed by atoms with E-state index in [-0.39, 0.29) is 11.2 Å². The molecule has 0 radical (unpaired) electrons. The Morgan fingerprint density at radius 3 is 2.91 bits per heavy atom. The minimum absolute atomic E-state index is 0.0681. The van der Waals surface area contributed by atoms with E-state index in [9.17, 15) is 14.3 Å². The number of amides is 1. The summed E-state index contributed by atoms with van der Waals surface area (Å²) in [6, 6.07) is 5.97. The fraction of sp³-hybridized carbons (Fsp3) is 0.375. The second kappa shape index (κ2) is 4.56. The van der Waals surface area contributed by atoms with Gasteiger partial charge in [-0.1, -0.05) is 6.42 Å². The molecule has 1 aromatic carbocycles. The van der Waals surface area contributed by atoms with Crippen molar-refractivity contribution in [3.63, 3.8) is 0 Å². The van der Waals surface area contributed by atoms with Gasteiger partial charge in [-0.15, -0.1) is 0 Å². The summed E-state index contributed by atoms with van der Waals surface area (Å²) in [6.45, 7) is 0.518. The smallest absolute Gasteiger partial charge is 0.410 e. The number of carbonyl (C=O) groups is 1. The molecular formula is C16H15FN2O3. The Kier molecular flexibility index (Phi) is 2.76. The Bertz CT molecular complexity index is 760. The van der Waals surface area contributed by atoms with Crippen LogP contribution >= 0.6 is 0 Å². The molecule has 1 aromatic heterocycles. The maximum Gasteiger partial charge on any atom is 0.410 e. The fourth-order valence-corrected chi connectivity index (χ4v) is 3.43. The molecule has 6 heteroatoms. The highest BCUT2D eigenvalue weighted by atomic mass is 19.1. The van der Waals surface area contributed by atoms with E-state index >= 15 is 0 Å². The van der Waals surface area contributed by atoms with Crippen LogP contribution in [0.3, 0.4) is 0 Å². The topological polar surface area (TPSA) is 62.7 Å². The van der Waals surface area contributed by atoms with Gasteiger partial charge in [0, 0.05) is 23.5 Å². The third-order valence-electron chi connectivity index (χ3n) is 4.79. The van der Waals surface area contributed by atoms with E-state index in [0.717, 1.165) is 19.3 Å². The summed E-state index contributed by atoms with van der Waals surface area (Å²) in [5.74, 6) is 0.110. The van der Waals surface area contributed by atoms with Crippen LogP contribution in [0, 0.1) is 11.2 Å². The Morgan fingerprint density at radius 1 is 1.41 bits per heavy atom. The summed E-state index contributed by atoms with van der Waals surface area (Å²) in [4.78, 5) is 16.8. The van der Waals surface area contributed by atoms with Crippen molar-refractivity contribution in [3.8, 4) is 5.75 Å². The molecule has 1 N–H and O–H groups in total. The minimum atomic E-state index is -0.980. The van der Waals surface area contributed by atoms with Crippen LogP contribution in [0.4, 0.5) is 9.18 Å². The molecule has 1 aliphatic heterocycles. The minimum Gasteiger partial charge on any atom is -0.469 e. The quantitative estimate of drug-likeness (QED) is 0.925. The second-order valence-corrected chi connectivity index (χ2v) is 6.07. The van der Waals surface area contributed by atoms with Crippen LogP contribution in [-0.2, 0) is 0 Å². The predicted molar refractivity (Wildman–Crippen MR) is 77.1 cm³/mol. The first-order valence-electron chi connectivity index (χ1n) is 7.30. The Balaban J connectivity index is 1.70. The fourth-order valence-electron chi connectivity index (χ4n) is 3.43. The average Bonchev–Trinajstić information content (AvgIpc) is 2.42. The van der Waals surface area contributed by atoms with Crippen molar-refractivity contribution < 1.29 is 19.0 Å². The van der Waals surface area contributed by atoms with E-state index in [4.69, 9.17) is 4.74 Å². The zero-order valence-electron chi connectivity index (χ0n) is 11.8. The van der Waals surface area contributed by atoms with Crippen molar-refractivity contribution in [3.05, 3.63) is 36.3 Å². The third kappa shape index (κ3) is 1.83. The summed E-state index contributed by atoms with van der Waals surface area (Å²) in [6.07, 6.45) is 3.16. The van der Waals surface area contributed by atoms with Crippen molar-refractivity contribution in [1.29, 1.82) is 0 Å². The first-order valence-corrected chi connectivity index (χ1v) is 7.30. The van der Waals surface area contributed by atoms with Gasteiger partial charge in [0.05, 0.1) is 5.52 Å². The molecule has 1 atom stereocenters. The highest BCUT2D eigenvalue weighted by molar-refractivity contribution is 5.84. The number of rotatable bonds is 2. The Hall–Kier alpha value is -2.37. The van der Waals surface area contributed by atoms with Crippen LogP contribution in [0.15, 0.2) is 30.5 Å². The number of carboxylic acid groups (broad SMARTS) is 1. The number of pyridine rings is 1. The van der Waals surface area contributed by atoms with Gasteiger partial charge in [0.2, 0.25) is 0 Å². The summed E-state index contributed by atoms with van der Waals surface area (Å²) in [5.41, 5.74) is 0.559. The number of likely N-dealkylation sites (tertiary alicyclic amines) is 1. The molecule has 5 nitrogen and oxygen atoms in total. The third-order valence-corrected chi connectivity index (χ3v) is 4.79. The molecule has 1 aliphatic carbocycles. The maximum atomic E-state index is 13.5. The molecular weight excluding hydrogens is 287 g/mol. The predicted octanol–water partition coefficient (Wildman–Crippen LogP) is 3.24. The second-order valence-electron chi connectivity index (χ2n) is 6.07. The van der Waals surface area contributed by atoms with E-state index in [1.165, 1.54) is 17.0 Å². The summed E-state index contributed by atoms with van der Waals surface area (Å²) in [5, 5.41) is 9.83. The van der Waals surface area contributed by atoms with Gasteiger partial charge in [-0.2, -0.15) is 0 Å². The van der Waals surface area contributed by atoms with Crippen molar-refractivity contribution in [2.24, 2.45) is 5.41 Å². The number of aromatic nitrogens is 1. The number of hydrogen-bond donors (Lipinski definition) is 1. The maximum absolute atomic E-state index is 13.5. The standard InChI is InChI=1S/C16H15FN2O3/c17-10-2-3-12-11(8-10)13(4-7-18-12)22-14-16(5-1-6-16)9-19(14)15(20)21/h2-4,7-8,14H,1,5-6,9H2,(H,20,21). The molecule has 0 bridgehead atoms. The highest BCUT2D eigenvalue weighted by Gasteiger charge is 2.59. The summed E-state index contributed by atoms with van der Waals surface area (Å²) >= 11 is 0. The largest absolute Gasteiger partial charge is 0.469 e. The van der Waals surface area contributed by atoms with Gasteiger partial charge in [0.15, 0.2) is 6.23 Å². The summed E-state index contributed by atoms with van der Waals surface area (Å²) in [7, 11) is 0. The molecule has 2 aromatic rings. The monoisotopic (exact) mass is 302 g/mol. The molecule has 22 heavy (non-hydrogen) atoms. The van der Waals surface area contributed by atoms with E-state index < -0.39 is 12.3 Å². The molecule has 1 amide bonds. The lowest BCUT2D eigenvalue weighted by molar-refractivity contribution is -0.193. The lowest BCUT2D eigenvalue weighted by Crippen LogP contribution is -2.70. The van der Waals surface area contributed by atoms with Gasteiger partial charge in [0.1, 0.15) is 11.6 Å². The molecule has 2 fully saturated rings. The van der Waals surface area contributed by atoms with Crippen LogP contribution in [-0.4, -0.2) is 33.9 Å². The lowest BCUT2D eigenvalue weighted by atomic mass is 9.62. The van der Waals surface area contributed by atoms with Crippen molar-refractivity contribution >= 4 is 17.0 Å². The van der Waals surface area contributed by atoms with E-state index in [0.29, 0.717) is 23.2 Å². The van der Waals surface area contributed by atoms with E-state index in [2.05, 4.69) is 4.98 Å². The number of ether oxygens (including phenoxy) is 1. The molecule has 1 spiro atoms. The first-order chi connectivity index (χ1) is 10.6. The lowest BCUT2D eigenvalue weighted by Gasteiger charge is -2.59. The zero-order valence-corrected chi connectivity index (χ0v) is 11.8. The van der Waals surface area contributed by atoms with Crippen LogP contribution in [0.1, 0.15) is 19.3 Å². The average molecular weight is 302 g/mol. The van der Waals surface area contributed by atoms with Gasteiger partial charge >= 0.3 is 6.09 Å². The molecule has 4 rings (SSSR count). The van der Waals surface area contributed by atoms with E-state index in [1.807, 2.05) is 0 Å². The van der Waals surface area contributed by atoms with Crippen LogP contribution < -0.4 is 4.74 Å². The highest BCUT2D eigenvalue weighted by Crippen LogP contribution is 2.53. The molecule has 114 valence electrons. The van der Waals surface area contributed by atoms with Crippen molar-refractivity contribution in [2.75, 3.05) is 6.54 Å². The molecule has 1 saturated heterocycles. The van der Waals surface area contributed by atoms with Crippen LogP contribution in [0.25, 0.3) is 10.9 Å². The first kappa shape index (κ1) is 13.3. The van der Waals surface area contributed by atoms with Crippen LogP contribution in [0.2, 0.25) is 0 Å². The number of nitrogens with zero attached hydrogens (tertiary/aromatic N) is 2. The Labute approximate surface area is 126 Å². The van der Waals surface area contributed by atoms with Gasteiger partial charge in [-0.05, 0) is 37.1 Å². The zero-order chi connectivity index (χ0) is 15.3. The molecule has 2 heterocycles.